The van der Waals surface area contributed by atoms with Crippen molar-refractivity contribution in [2.75, 3.05) is 11.1 Å². The quantitative estimate of drug-likeness (QED) is 0.889. The van der Waals surface area contributed by atoms with Crippen LogP contribution in [0, 0.1) is 0 Å². The number of thioether (sulfide) groups is 1. The second-order valence-corrected chi connectivity index (χ2v) is 5.69. The molecule has 0 saturated carbocycles. The van der Waals surface area contributed by atoms with Crippen molar-refractivity contribution in [3.63, 3.8) is 0 Å². The Balaban J connectivity index is 2.08. The van der Waals surface area contributed by atoms with Gasteiger partial charge in [-0.3, -0.25) is 4.79 Å². The predicted molar refractivity (Wildman–Crippen MR) is 70.6 cm³/mol. The summed E-state index contributed by atoms with van der Waals surface area (Å²) < 4.78 is 0. The highest BCUT2D eigenvalue weighted by atomic mass is 35.5. The maximum absolute atomic E-state index is 11.8. The Morgan fingerprint density at radius 1 is 1.44 bits per heavy atom. The van der Waals surface area contributed by atoms with Gasteiger partial charge in [-0.05, 0) is 30.7 Å². The Labute approximate surface area is 109 Å². The van der Waals surface area contributed by atoms with Crippen LogP contribution in [-0.4, -0.2) is 16.9 Å². The maximum atomic E-state index is 11.8. The van der Waals surface area contributed by atoms with Crippen molar-refractivity contribution in [3.05, 3.63) is 28.2 Å². The fraction of sp³-hybridized carbons (Fsp3) is 0.364. The Hall–Kier alpha value is -0.380. The molecule has 1 atom stereocenters. The zero-order chi connectivity index (χ0) is 11.5. The summed E-state index contributed by atoms with van der Waals surface area (Å²) in [5.41, 5.74) is 0.590. The number of rotatable bonds is 2. The summed E-state index contributed by atoms with van der Waals surface area (Å²) in [6, 6.07) is 5.22. The van der Waals surface area contributed by atoms with Crippen LogP contribution in [0.2, 0.25) is 10.0 Å². The Morgan fingerprint density at radius 2 is 2.25 bits per heavy atom. The molecule has 2 rings (SSSR count). The summed E-state index contributed by atoms with van der Waals surface area (Å²) in [4.78, 5) is 11.8. The minimum atomic E-state index is 0.0201. The van der Waals surface area contributed by atoms with E-state index in [1.807, 2.05) is 0 Å². The second-order valence-electron chi connectivity index (χ2n) is 3.59. The van der Waals surface area contributed by atoms with Crippen molar-refractivity contribution in [1.29, 1.82) is 0 Å². The molecule has 1 saturated heterocycles. The molecule has 0 aliphatic carbocycles. The first-order valence-electron chi connectivity index (χ1n) is 5.05. The molecule has 1 aliphatic heterocycles. The number of carbonyl (C=O) groups excluding carboxylic acids is 1. The largest absolute Gasteiger partial charge is 0.324 e. The molecule has 1 amide bonds. The Kier molecular flexibility index (Phi) is 4.00. The lowest BCUT2D eigenvalue weighted by molar-refractivity contribution is -0.115. The first-order valence-corrected chi connectivity index (χ1v) is 6.85. The van der Waals surface area contributed by atoms with Crippen molar-refractivity contribution in [2.24, 2.45) is 0 Å². The molecule has 0 spiro atoms. The summed E-state index contributed by atoms with van der Waals surface area (Å²) in [5, 5.41) is 3.73. The third-order valence-corrected chi connectivity index (χ3v) is 4.63. The number of nitrogens with one attached hydrogen (secondary N) is 1. The summed E-state index contributed by atoms with van der Waals surface area (Å²) in [6.07, 6.45) is 2.04. The van der Waals surface area contributed by atoms with Crippen molar-refractivity contribution in [1.82, 2.24) is 0 Å². The van der Waals surface area contributed by atoms with Gasteiger partial charge in [0.25, 0.3) is 0 Å². The van der Waals surface area contributed by atoms with E-state index in [0.29, 0.717) is 15.7 Å². The van der Waals surface area contributed by atoms with E-state index in [9.17, 15) is 4.79 Å². The lowest BCUT2D eigenvalue weighted by Crippen LogP contribution is -2.23. The molecular formula is C11H11Cl2NOS. The minimum Gasteiger partial charge on any atom is -0.324 e. The number of carbonyl (C=O) groups is 1. The van der Waals surface area contributed by atoms with Gasteiger partial charge in [0, 0.05) is 0 Å². The van der Waals surface area contributed by atoms with Gasteiger partial charge in [0.05, 0.1) is 21.0 Å². The first-order chi connectivity index (χ1) is 7.68. The fourth-order valence-electron chi connectivity index (χ4n) is 1.60. The molecular weight excluding hydrogens is 265 g/mol. The molecule has 1 heterocycles. The van der Waals surface area contributed by atoms with Crippen LogP contribution in [-0.2, 0) is 4.79 Å². The molecule has 0 radical (unpaired) electrons. The molecule has 86 valence electrons. The highest BCUT2D eigenvalue weighted by molar-refractivity contribution is 8.00. The van der Waals surface area contributed by atoms with E-state index >= 15 is 0 Å². The zero-order valence-electron chi connectivity index (χ0n) is 8.50. The summed E-state index contributed by atoms with van der Waals surface area (Å²) in [6.45, 7) is 0. The van der Waals surface area contributed by atoms with E-state index in [1.165, 1.54) is 0 Å². The van der Waals surface area contributed by atoms with Crippen LogP contribution in [0.25, 0.3) is 0 Å². The molecule has 1 aromatic carbocycles. The average molecular weight is 276 g/mol. The lowest BCUT2D eigenvalue weighted by atomic mass is 10.2. The van der Waals surface area contributed by atoms with Crippen LogP contribution in [0.3, 0.4) is 0 Å². The SMILES string of the molecule is O=C(Nc1cccc(Cl)c1Cl)C1CCCS1. The number of benzene rings is 1. The van der Waals surface area contributed by atoms with E-state index in [0.717, 1.165) is 18.6 Å². The summed E-state index contributed by atoms with van der Waals surface area (Å²) in [7, 11) is 0. The molecule has 1 aromatic rings. The van der Waals surface area contributed by atoms with Crippen molar-refractivity contribution in [3.8, 4) is 0 Å². The molecule has 16 heavy (non-hydrogen) atoms. The van der Waals surface area contributed by atoms with Gasteiger partial charge in [0.2, 0.25) is 5.91 Å². The monoisotopic (exact) mass is 275 g/mol. The smallest absolute Gasteiger partial charge is 0.237 e. The molecule has 1 aliphatic rings. The van der Waals surface area contributed by atoms with Crippen molar-refractivity contribution >= 4 is 46.6 Å². The first kappa shape index (κ1) is 12.1. The normalized spacial score (nSPS) is 19.8. The van der Waals surface area contributed by atoms with Gasteiger partial charge in [-0.25, -0.2) is 0 Å². The Bertz CT molecular complexity index is 405. The Morgan fingerprint density at radius 3 is 2.94 bits per heavy atom. The zero-order valence-corrected chi connectivity index (χ0v) is 10.8. The van der Waals surface area contributed by atoms with E-state index in [1.54, 1.807) is 30.0 Å². The van der Waals surface area contributed by atoms with Gasteiger partial charge >= 0.3 is 0 Å². The van der Waals surface area contributed by atoms with E-state index in [4.69, 9.17) is 23.2 Å². The van der Waals surface area contributed by atoms with E-state index < -0.39 is 0 Å². The van der Waals surface area contributed by atoms with Gasteiger partial charge in [0.1, 0.15) is 0 Å². The third-order valence-electron chi connectivity index (χ3n) is 2.43. The molecule has 1 fully saturated rings. The highest BCUT2D eigenvalue weighted by Crippen LogP contribution is 2.31. The van der Waals surface area contributed by atoms with Crippen LogP contribution in [0.5, 0.6) is 0 Å². The maximum Gasteiger partial charge on any atom is 0.237 e. The van der Waals surface area contributed by atoms with E-state index in [-0.39, 0.29) is 11.2 Å². The number of hydrogen-bond acceptors (Lipinski definition) is 2. The van der Waals surface area contributed by atoms with Gasteiger partial charge < -0.3 is 5.32 Å². The van der Waals surface area contributed by atoms with Crippen LogP contribution in [0.15, 0.2) is 18.2 Å². The molecule has 0 aromatic heterocycles. The molecule has 0 bridgehead atoms. The topological polar surface area (TPSA) is 29.1 Å². The predicted octanol–water partition coefficient (Wildman–Crippen LogP) is 3.83. The second kappa shape index (κ2) is 5.30. The fourth-order valence-corrected chi connectivity index (χ4v) is 3.11. The molecule has 1 N–H and O–H groups in total. The summed E-state index contributed by atoms with van der Waals surface area (Å²) >= 11 is 13.6. The molecule has 2 nitrogen and oxygen atoms in total. The number of hydrogen-bond donors (Lipinski definition) is 1. The number of halogens is 2. The number of anilines is 1. The summed E-state index contributed by atoms with van der Waals surface area (Å²) in [5.74, 6) is 1.08. The van der Waals surface area contributed by atoms with Crippen molar-refractivity contribution < 1.29 is 4.79 Å². The van der Waals surface area contributed by atoms with Gasteiger partial charge in [-0.1, -0.05) is 29.3 Å². The van der Waals surface area contributed by atoms with Crippen LogP contribution < -0.4 is 5.32 Å². The van der Waals surface area contributed by atoms with Gasteiger partial charge in [0.15, 0.2) is 0 Å². The highest BCUT2D eigenvalue weighted by Gasteiger charge is 2.23. The number of amides is 1. The molecule has 5 heteroatoms. The van der Waals surface area contributed by atoms with Crippen LogP contribution in [0.1, 0.15) is 12.8 Å². The lowest BCUT2D eigenvalue weighted by Gasteiger charge is -2.11. The molecule has 1 unspecified atom stereocenters. The van der Waals surface area contributed by atoms with Crippen LogP contribution in [0.4, 0.5) is 5.69 Å². The van der Waals surface area contributed by atoms with Gasteiger partial charge in [-0.2, -0.15) is 0 Å². The van der Waals surface area contributed by atoms with Crippen LogP contribution >= 0.6 is 35.0 Å². The van der Waals surface area contributed by atoms with Crippen molar-refractivity contribution in [2.45, 2.75) is 18.1 Å². The van der Waals surface area contributed by atoms with Gasteiger partial charge in [-0.15, -0.1) is 11.8 Å². The third kappa shape index (κ3) is 2.65. The standard InChI is InChI=1S/C11H11Cl2NOS/c12-7-3-1-4-8(10(7)13)14-11(15)9-5-2-6-16-9/h1,3-4,9H,2,5-6H2,(H,14,15). The van der Waals surface area contributed by atoms with E-state index in [2.05, 4.69) is 5.32 Å². The average Bonchev–Trinajstić information content (AvgIpc) is 2.78. The minimum absolute atomic E-state index is 0.0201.